The molecule has 1 aliphatic heterocycles. The van der Waals surface area contributed by atoms with Crippen LogP contribution in [0.15, 0.2) is 11.1 Å². The summed E-state index contributed by atoms with van der Waals surface area (Å²) in [6, 6.07) is 0. The van der Waals surface area contributed by atoms with Crippen LogP contribution in [0.25, 0.3) is 0 Å². The highest BCUT2D eigenvalue weighted by Gasteiger charge is 2.61. The van der Waals surface area contributed by atoms with Gasteiger partial charge in [0.2, 0.25) is 0 Å². The zero-order valence-corrected chi connectivity index (χ0v) is 16.9. The van der Waals surface area contributed by atoms with Gasteiger partial charge in [0.15, 0.2) is 5.79 Å². The molecule has 1 N–H and O–H groups in total. The van der Waals surface area contributed by atoms with Crippen molar-refractivity contribution in [3.8, 4) is 0 Å². The predicted molar refractivity (Wildman–Crippen MR) is 102 cm³/mol. The molecule has 5 rings (SSSR count). The van der Waals surface area contributed by atoms with Crippen LogP contribution in [0.4, 0.5) is 0 Å². The summed E-state index contributed by atoms with van der Waals surface area (Å²) in [6.45, 7) is 8.80. The molecule has 4 aliphatic carbocycles. The Morgan fingerprint density at radius 3 is 2.50 bits per heavy atom. The van der Waals surface area contributed by atoms with E-state index in [0.29, 0.717) is 11.3 Å². The Kier molecular flexibility index (Phi) is 3.96. The Hall–Kier alpha value is -0.380. The van der Waals surface area contributed by atoms with Crippen LogP contribution in [0, 0.1) is 28.6 Å². The second kappa shape index (κ2) is 5.81. The number of fused-ring (bicyclic) bond motifs is 5. The van der Waals surface area contributed by atoms with Crippen LogP contribution in [0.2, 0.25) is 0 Å². The van der Waals surface area contributed by atoms with Crippen LogP contribution in [0.3, 0.4) is 0 Å². The van der Waals surface area contributed by atoms with Gasteiger partial charge in [-0.3, -0.25) is 0 Å². The molecule has 1 spiro atoms. The van der Waals surface area contributed by atoms with E-state index in [4.69, 9.17) is 9.47 Å². The number of aliphatic hydroxyl groups is 1. The van der Waals surface area contributed by atoms with Gasteiger partial charge in [0, 0.05) is 12.8 Å². The molecule has 146 valence electrons. The molecule has 3 nitrogen and oxygen atoms in total. The summed E-state index contributed by atoms with van der Waals surface area (Å²) < 4.78 is 12.2. The van der Waals surface area contributed by atoms with Gasteiger partial charge in [-0.25, -0.2) is 0 Å². The summed E-state index contributed by atoms with van der Waals surface area (Å²) in [4.78, 5) is 0. The lowest BCUT2D eigenvalue weighted by molar-refractivity contribution is -0.186. The third-order valence-electron chi connectivity index (χ3n) is 9.52. The van der Waals surface area contributed by atoms with Crippen molar-refractivity contribution in [2.24, 2.45) is 28.6 Å². The standard InChI is InChI=1S/C23H36O3/c1-4-15-13-16-17-5-6-20(24)22(17,3)8-7-18(16)21(2)9-10-23(14-19(15)21)25-11-12-26-23/h16-18,20,24H,4-14H2,1-3H3. The Balaban J connectivity index is 1.53. The minimum Gasteiger partial charge on any atom is -0.393 e. The summed E-state index contributed by atoms with van der Waals surface area (Å²) in [5.74, 6) is 1.96. The molecule has 0 radical (unpaired) electrons. The van der Waals surface area contributed by atoms with Gasteiger partial charge >= 0.3 is 0 Å². The smallest absolute Gasteiger partial charge is 0.172 e. The van der Waals surface area contributed by atoms with Gasteiger partial charge in [-0.2, -0.15) is 0 Å². The van der Waals surface area contributed by atoms with Crippen LogP contribution >= 0.6 is 0 Å². The van der Waals surface area contributed by atoms with Crippen molar-refractivity contribution in [3.63, 3.8) is 0 Å². The van der Waals surface area contributed by atoms with E-state index in [9.17, 15) is 5.11 Å². The van der Waals surface area contributed by atoms with Crippen molar-refractivity contribution in [1.82, 2.24) is 0 Å². The molecule has 5 aliphatic rings. The maximum absolute atomic E-state index is 10.7. The number of hydrogen-bond acceptors (Lipinski definition) is 3. The Bertz CT molecular complexity index is 619. The highest BCUT2D eigenvalue weighted by Crippen LogP contribution is 2.67. The molecule has 0 amide bonds. The Morgan fingerprint density at radius 1 is 1.00 bits per heavy atom. The molecule has 1 saturated heterocycles. The molecule has 6 unspecified atom stereocenters. The van der Waals surface area contributed by atoms with Crippen molar-refractivity contribution in [3.05, 3.63) is 11.1 Å². The average molecular weight is 361 g/mol. The summed E-state index contributed by atoms with van der Waals surface area (Å²) >= 11 is 0. The van der Waals surface area contributed by atoms with E-state index in [1.165, 1.54) is 32.1 Å². The molecule has 0 aromatic heterocycles. The van der Waals surface area contributed by atoms with Crippen molar-refractivity contribution >= 4 is 0 Å². The first-order valence-electron chi connectivity index (χ1n) is 11.1. The fourth-order valence-electron chi connectivity index (χ4n) is 7.94. The van der Waals surface area contributed by atoms with Crippen LogP contribution in [-0.2, 0) is 9.47 Å². The first-order valence-corrected chi connectivity index (χ1v) is 11.1. The lowest BCUT2D eigenvalue weighted by atomic mass is 9.46. The maximum Gasteiger partial charge on any atom is 0.172 e. The molecular weight excluding hydrogens is 324 g/mol. The second-order valence-corrected chi connectivity index (χ2v) is 10.4. The molecule has 26 heavy (non-hydrogen) atoms. The fourth-order valence-corrected chi connectivity index (χ4v) is 7.94. The van der Waals surface area contributed by atoms with Crippen molar-refractivity contribution in [2.45, 2.75) is 90.4 Å². The predicted octanol–water partition coefficient (Wildman–Crippen LogP) is 4.83. The number of rotatable bonds is 1. The summed E-state index contributed by atoms with van der Waals surface area (Å²) in [5.41, 5.74) is 3.87. The van der Waals surface area contributed by atoms with Gasteiger partial charge in [-0.15, -0.1) is 0 Å². The molecule has 3 heteroatoms. The van der Waals surface area contributed by atoms with E-state index in [0.717, 1.165) is 50.7 Å². The van der Waals surface area contributed by atoms with E-state index >= 15 is 0 Å². The lowest BCUT2D eigenvalue weighted by Crippen LogP contribution is -2.53. The van der Waals surface area contributed by atoms with Crippen molar-refractivity contribution < 1.29 is 14.6 Å². The van der Waals surface area contributed by atoms with Gasteiger partial charge in [0.1, 0.15) is 0 Å². The van der Waals surface area contributed by atoms with Crippen LogP contribution in [-0.4, -0.2) is 30.2 Å². The first-order chi connectivity index (χ1) is 12.4. The minimum atomic E-state index is -0.311. The molecule has 0 aromatic rings. The largest absolute Gasteiger partial charge is 0.393 e. The molecule has 1 heterocycles. The number of allylic oxidation sites excluding steroid dienone is 1. The molecular formula is C23H36O3. The second-order valence-electron chi connectivity index (χ2n) is 10.4. The molecule has 0 bridgehead atoms. The van der Waals surface area contributed by atoms with Gasteiger partial charge in [-0.1, -0.05) is 31.9 Å². The SMILES string of the molecule is CCC1=C2CC3(CCC2(C)C2CCC4(C)C(O)CCC4C2C1)OCCO3. The topological polar surface area (TPSA) is 38.7 Å². The third kappa shape index (κ3) is 2.23. The molecule has 0 aromatic carbocycles. The number of ether oxygens (including phenoxy) is 2. The van der Waals surface area contributed by atoms with Crippen molar-refractivity contribution in [2.75, 3.05) is 13.2 Å². The quantitative estimate of drug-likeness (QED) is 0.681. The highest BCUT2D eigenvalue weighted by molar-refractivity contribution is 5.32. The van der Waals surface area contributed by atoms with E-state index in [2.05, 4.69) is 20.8 Å². The molecule has 3 saturated carbocycles. The summed E-state index contributed by atoms with van der Waals surface area (Å²) in [7, 11) is 0. The van der Waals surface area contributed by atoms with E-state index in [-0.39, 0.29) is 17.3 Å². The van der Waals surface area contributed by atoms with Crippen LogP contribution in [0.1, 0.15) is 78.6 Å². The zero-order valence-electron chi connectivity index (χ0n) is 16.9. The summed E-state index contributed by atoms with van der Waals surface area (Å²) in [5, 5.41) is 10.7. The monoisotopic (exact) mass is 360 g/mol. The van der Waals surface area contributed by atoms with E-state index in [1.54, 1.807) is 11.1 Å². The maximum atomic E-state index is 10.7. The van der Waals surface area contributed by atoms with Crippen molar-refractivity contribution in [1.29, 1.82) is 0 Å². The summed E-state index contributed by atoms with van der Waals surface area (Å²) in [6.07, 6.45) is 10.4. The van der Waals surface area contributed by atoms with E-state index < -0.39 is 0 Å². The van der Waals surface area contributed by atoms with Gasteiger partial charge < -0.3 is 14.6 Å². The minimum absolute atomic E-state index is 0.0772. The third-order valence-corrected chi connectivity index (χ3v) is 9.52. The Morgan fingerprint density at radius 2 is 1.77 bits per heavy atom. The van der Waals surface area contributed by atoms with Gasteiger partial charge in [0.05, 0.1) is 19.3 Å². The average Bonchev–Trinajstić information content (AvgIpc) is 3.20. The van der Waals surface area contributed by atoms with Gasteiger partial charge in [-0.05, 0) is 73.5 Å². The van der Waals surface area contributed by atoms with E-state index in [1.807, 2.05) is 0 Å². The highest BCUT2D eigenvalue weighted by atomic mass is 16.7. The molecule has 6 atom stereocenters. The van der Waals surface area contributed by atoms with Gasteiger partial charge in [0.25, 0.3) is 0 Å². The first kappa shape index (κ1) is 17.7. The zero-order chi connectivity index (χ0) is 18.2. The molecule has 4 fully saturated rings. The Labute approximate surface area is 158 Å². The lowest BCUT2D eigenvalue weighted by Gasteiger charge is -2.59. The van der Waals surface area contributed by atoms with Crippen LogP contribution < -0.4 is 0 Å². The number of hydrogen-bond donors (Lipinski definition) is 1. The van der Waals surface area contributed by atoms with Crippen LogP contribution in [0.5, 0.6) is 0 Å². The fraction of sp³-hybridized carbons (Fsp3) is 0.913. The normalized spacial score (nSPS) is 49.8. The number of aliphatic hydroxyl groups excluding tert-OH is 1.